The van der Waals surface area contributed by atoms with Gasteiger partial charge in [0.05, 0.1) is 6.61 Å². The summed E-state index contributed by atoms with van der Waals surface area (Å²) in [6.07, 6.45) is 1.86. The number of carbonyl (C=O) groups excluding carboxylic acids is 1. The van der Waals surface area contributed by atoms with Gasteiger partial charge in [-0.25, -0.2) is 0 Å². The molecule has 0 saturated carbocycles. The van der Waals surface area contributed by atoms with Gasteiger partial charge < -0.3 is 10.1 Å². The van der Waals surface area contributed by atoms with Crippen LogP contribution in [0.3, 0.4) is 0 Å². The summed E-state index contributed by atoms with van der Waals surface area (Å²) in [6, 6.07) is 5.60. The average molecular weight is 349 g/mol. The van der Waals surface area contributed by atoms with Gasteiger partial charge >= 0.3 is 0 Å². The summed E-state index contributed by atoms with van der Waals surface area (Å²) in [5.74, 6) is 1.19. The molecular weight excluding hydrogens is 330 g/mol. The zero-order valence-corrected chi connectivity index (χ0v) is 13.4. The fourth-order valence-corrected chi connectivity index (χ4v) is 2.81. The number of benzene rings is 1. The summed E-state index contributed by atoms with van der Waals surface area (Å²) in [4.78, 5) is 12.4. The van der Waals surface area contributed by atoms with Crippen LogP contribution >= 0.6 is 28.3 Å². The third kappa shape index (κ3) is 4.20. The molecule has 0 aliphatic carbocycles. The highest BCUT2D eigenvalue weighted by Crippen LogP contribution is 2.27. The van der Waals surface area contributed by atoms with E-state index in [1.54, 1.807) is 0 Å². The number of nitrogens with one attached hydrogen (secondary N) is 1. The van der Waals surface area contributed by atoms with Crippen LogP contribution in [-0.2, 0) is 0 Å². The number of Topliss-reactive ketones (excluding diaryl/α,β-unsaturated/α-hetero) is 1. The number of piperidine rings is 1. The van der Waals surface area contributed by atoms with E-state index in [0.717, 1.165) is 41.7 Å². The largest absolute Gasteiger partial charge is 0.494 e. The van der Waals surface area contributed by atoms with Gasteiger partial charge in [0.25, 0.3) is 0 Å². The molecule has 0 unspecified atom stereocenters. The van der Waals surface area contributed by atoms with Crippen molar-refractivity contribution < 1.29 is 9.53 Å². The van der Waals surface area contributed by atoms with Crippen LogP contribution in [0, 0.1) is 5.92 Å². The van der Waals surface area contributed by atoms with E-state index in [4.69, 9.17) is 4.74 Å². The molecule has 5 heteroatoms. The number of hydrogen-bond acceptors (Lipinski definition) is 3. The molecule has 1 aromatic rings. The van der Waals surface area contributed by atoms with Gasteiger partial charge in [-0.1, -0.05) is 0 Å². The number of halogens is 2. The maximum Gasteiger partial charge on any atom is 0.167 e. The summed E-state index contributed by atoms with van der Waals surface area (Å²) < 4.78 is 6.25. The topological polar surface area (TPSA) is 38.3 Å². The van der Waals surface area contributed by atoms with Crippen molar-refractivity contribution in [1.29, 1.82) is 0 Å². The van der Waals surface area contributed by atoms with Gasteiger partial charge in [0, 0.05) is 16.0 Å². The number of rotatable bonds is 4. The van der Waals surface area contributed by atoms with E-state index in [2.05, 4.69) is 21.2 Å². The molecule has 0 radical (unpaired) electrons. The van der Waals surface area contributed by atoms with Crippen LogP contribution < -0.4 is 10.1 Å². The van der Waals surface area contributed by atoms with Crippen LogP contribution in [0.4, 0.5) is 0 Å². The quantitative estimate of drug-likeness (QED) is 0.847. The fourth-order valence-electron chi connectivity index (χ4n) is 2.26. The predicted octanol–water partition coefficient (Wildman–Crippen LogP) is 3.45. The van der Waals surface area contributed by atoms with Gasteiger partial charge in [0.1, 0.15) is 5.75 Å². The Morgan fingerprint density at radius 2 is 2.11 bits per heavy atom. The molecule has 0 amide bonds. The van der Waals surface area contributed by atoms with Crippen LogP contribution in [-0.4, -0.2) is 25.5 Å². The second-order valence-corrected chi connectivity index (χ2v) is 5.32. The van der Waals surface area contributed by atoms with Gasteiger partial charge in [-0.3, -0.25) is 4.79 Å². The van der Waals surface area contributed by atoms with Crippen molar-refractivity contribution in [3.05, 3.63) is 28.2 Å². The number of ether oxygens (including phenoxy) is 1. The number of hydrogen-bond donors (Lipinski definition) is 1. The molecule has 1 aromatic carbocycles. The smallest absolute Gasteiger partial charge is 0.167 e. The molecule has 2 rings (SSSR count). The van der Waals surface area contributed by atoms with Gasteiger partial charge in [0.2, 0.25) is 0 Å². The van der Waals surface area contributed by atoms with Crippen molar-refractivity contribution in [3.63, 3.8) is 0 Å². The molecule has 1 fully saturated rings. The average Bonchev–Trinajstić information content (AvgIpc) is 2.40. The minimum Gasteiger partial charge on any atom is -0.494 e. The van der Waals surface area contributed by atoms with Crippen LogP contribution in [0.25, 0.3) is 0 Å². The summed E-state index contributed by atoms with van der Waals surface area (Å²) in [5, 5.41) is 3.28. The number of carbonyl (C=O) groups is 1. The Balaban J connectivity index is 0.00000180. The van der Waals surface area contributed by atoms with Gasteiger partial charge in [-0.05, 0) is 67.0 Å². The van der Waals surface area contributed by atoms with Crippen molar-refractivity contribution in [1.82, 2.24) is 5.32 Å². The molecule has 0 aromatic heterocycles. The lowest BCUT2D eigenvalue weighted by Crippen LogP contribution is -2.32. The van der Waals surface area contributed by atoms with Crippen LogP contribution in [0.5, 0.6) is 5.75 Å². The highest BCUT2D eigenvalue weighted by molar-refractivity contribution is 9.10. The zero-order valence-electron chi connectivity index (χ0n) is 10.9. The molecule has 1 aliphatic rings. The Morgan fingerprint density at radius 3 is 2.68 bits per heavy atom. The highest BCUT2D eigenvalue weighted by Gasteiger charge is 2.23. The maximum atomic E-state index is 12.4. The Kier molecular flexibility index (Phi) is 6.83. The molecular formula is C14H19BrClNO2. The van der Waals surface area contributed by atoms with E-state index in [-0.39, 0.29) is 24.1 Å². The summed E-state index contributed by atoms with van der Waals surface area (Å²) in [5.41, 5.74) is 0.769. The third-order valence-corrected chi connectivity index (χ3v) is 3.88. The van der Waals surface area contributed by atoms with Crippen LogP contribution in [0.2, 0.25) is 0 Å². The molecule has 1 aliphatic heterocycles. The molecule has 1 saturated heterocycles. The Bertz CT molecular complexity index is 433. The maximum absolute atomic E-state index is 12.4. The van der Waals surface area contributed by atoms with Crippen LogP contribution in [0.1, 0.15) is 30.1 Å². The Hall–Kier alpha value is -0.580. The fraction of sp³-hybridized carbons (Fsp3) is 0.500. The second-order valence-electron chi connectivity index (χ2n) is 4.46. The SMILES string of the molecule is CCOc1ccc(C(=O)C2CCNCC2)c(Br)c1.Cl. The van der Waals surface area contributed by atoms with E-state index in [9.17, 15) is 4.79 Å². The molecule has 19 heavy (non-hydrogen) atoms. The monoisotopic (exact) mass is 347 g/mol. The minimum atomic E-state index is 0. The molecule has 1 heterocycles. The summed E-state index contributed by atoms with van der Waals surface area (Å²) >= 11 is 3.47. The Labute approximate surface area is 128 Å². The second kappa shape index (κ2) is 7.88. The predicted molar refractivity (Wildman–Crippen MR) is 82.5 cm³/mol. The first kappa shape index (κ1) is 16.5. The Morgan fingerprint density at radius 1 is 1.42 bits per heavy atom. The van der Waals surface area contributed by atoms with Crippen molar-refractivity contribution in [2.24, 2.45) is 5.92 Å². The standard InChI is InChI=1S/C14H18BrNO2.ClH/c1-2-18-11-3-4-12(13(15)9-11)14(17)10-5-7-16-8-6-10;/h3-4,9-10,16H,2,5-8H2,1H3;1H. The molecule has 3 nitrogen and oxygen atoms in total. The molecule has 106 valence electrons. The molecule has 0 bridgehead atoms. The molecule has 0 spiro atoms. The summed E-state index contributed by atoms with van der Waals surface area (Å²) in [6.45, 7) is 4.45. The van der Waals surface area contributed by atoms with Crippen molar-refractivity contribution >= 4 is 34.1 Å². The first-order valence-corrected chi connectivity index (χ1v) is 7.19. The van der Waals surface area contributed by atoms with Gasteiger partial charge in [-0.2, -0.15) is 0 Å². The van der Waals surface area contributed by atoms with Gasteiger partial charge in [-0.15, -0.1) is 12.4 Å². The molecule has 0 atom stereocenters. The minimum absolute atomic E-state index is 0. The van der Waals surface area contributed by atoms with E-state index in [1.807, 2.05) is 25.1 Å². The lowest BCUT2D eigenvalue weighted by molar-refractivity contribution is 0.0894. The lowest BCUT2D eigenvalue weighted by Gasteiger charge is -2.22. The van der Waals surface area contributed by atoms with Crippen molar-refractivity contribution in [2.45, 2.75) is 19.8 Å². The van der Waals surface area contributed by atoms with E-state index >= 15 is 0 Å². The highest BCUT2D eigenvalue weighted by atomic mass is 79.9. The first-order chi connectivity index (χ1) is 8.72. The van der Waals surface area contributed by atoms with E-state index in [1.165, 1.54) is 0 Å². The normalized spacial score (nSPS) is 15.7. The lowest BCUT2D eigenvalue weighted by atomic mass is 9.89. The summed E-state index contributed by atoms with van der Waals surface area (Å²) in [7, 11) is 0. The van der Waals surface area contributed by atoms with Crippen molar-refractivity contribution in [2.75, 3.05) is 19.7 Å². The first-order valence-electron chi connectivity index (χ1n) is 6.39. The third-order valence-electron chi connectivity index (χ3n) is 3.23. The zero-order chi connectivity index (χ0) is 13.0. The number of ketones is 1. The van der Waals surface area contributed by atoms with E-state index in [0.29, 0.717) is 6.61 Å². The van der Waals surface area contributed by atoms with Gasteiger partial charge in [0.15, 0.2) is 5.78 Å². The molecule has 1 N–H and O–H groups in total. The van der Waals surface area contributed by atoms with Crippen LogP contribution in [0.15, 0.2) is 22.7 Å². The van der Waals surface area contributed by atoms with Crippen molar-refractivity contribution in [3.8, 4) is 5.75 Å². The van der Waals surface area contributed by atoms with E-state index < -0.39 is 0 Å².